The van der Waals surface area contributed by atoms with E-state index in [0.29, 0.717) is 35.9 Å². The summed E-state index contributed by atoms with van der Waals surface area (Å²) in [5.74, 6) is -1.09. The molecular weight excluding hydrogens is 629 g/mol. The Morgan fingerprint density at radius 2 is 1.54 bits per heavy atom. The van der Waals surface area contributed by atoms with E-state index in [4.69, 9.17) is 16.3 Å². The Balaban J connectivity index is 1.80. The molecule has 0 bridgehead atoms. The molecule has 11 heteroatoms. The van der Waals surface area contributed by atoms with Crippen LogP contribution in [0.25, 0.3) is 0 Å². The molecule has 0 spiro atoms. The third-order valence-corrected chi connectivity index (χ3v) is 9.39. The number of hydrogen-bond donors (Lipinski definition) is 1. The standard InChI is InChI=1S/C35H37ClFN3O5S/c1-3-22-38-35(42)33(23-26-10-6-5-7-11-26)39(24-27-12-8-9-13-32(27)36)34(41)25-40(29-16-18-30(19-17-29)45-4-2)46(43,44)31-20-14-28(37)15-21-31/h5-21,33H,3-4,22-25H2,1-2H3,(H,38,42). The molecule has 4 aromatic carbocycles. The minimum absolute atomic E-state index is 0.0523. The van der Waals surface area contributed by atoms with Crippen molar-refractivity contribution in [3.8, 4) is 5.75 Å². The predicted octanol–water partition coefficient (Wildman–Crippen LogP) is 6.24. The highest BCUT2D eigenvalue weighted by Crippen LogP contribution is 2.28. The van der Waals surface area contributed by atoms with Crippen LogP contribution in [0.4, 0.5) is 10.1 Å². The molecule has 0 aliphatic heterocycles. The second kappa shape index (κ2) is 16.2. The quantitative estimate of drug-likeness (QED) is 0.162. The largest absolute Gasteiger partial charge is 0.494 e. The van der Waals surface area contributed by atoms with Gasteiger partial charge in [0.05, 0.1) is 17.2 Å². The molecule has 46 heavy (non-hydrogen) atoms. The summed E-state index contributed by atoms with van der Waals surface area (Å²) >= 11 is 6.52. The Labute approximate surface area is 274 Å². The summed E-state index contributed by atoms with van der Waals surface area (Å²) in [5.41, 5.74) is 1.60. The van der Waals surface area contributed by atoms with Crippen LogP contribution in [0.2, 0.25) is 5.02 Å². The van der Waals surface area contributed by atoms with Gasteiger partial charge in [-0.05, 0) is 79.1 Å². The van der Waals surface area contributed by atoms with E-state index in [9.17, 15) is 22.4 Å². The molecule has 1 unspecified atom stereocenters. The maximum absolute atomic E-state index is 14.5. The zero-order valence-corrected chi connectivity index (χ0v) is 27.3. The smallest absolute Gasteiger partial charge is 0.264 e. The fourth-order valence-corrected chi connectivity index (χ4v) is 6.48. The normalized spacial score (nSPS) is 11.8. The van der Waals surface area contributed by atoms with E-state index < -0.39 is 34.3 Å². The molecule has 1 atom stereocenters. The Hall–Kier alpha value is -4.41. The molecule has 1 N–H and O–H groups in total. The first kappa shape index (κ1) is 34.5. The van der Waals surface area contributed by atoms with Gasteiger partial charge in [0.2, 0.25) is 11.8 Å². The van der Waals surface area contributed by atoms with Crippen LogP contribution >= 0.6 is 11.6 Å². The van der Waals surface area contributed by atoms with E-state index in [1.54, 1.807) is 36.4 Å². The van der Waals surface area contributed by atoms with Crippen LogP contribution in [-0.4, -0.2) is 50.9 Å². The summed E-state index contributed by atoms with van der Waals surface area (Å²) in [5, 5.41) is 3.30. The van der Waals surface area contributed by atoms with Gasteiger partial charge in [-0.25, -0.2) is 12.8 Å². The van der Waals surface area contributed by atoms with Crippen LogP contribution in [0, 0.1) is 5.82 Å². The summed E-state index contributed by atoms with van der Waals surface area (Å²) in [6, 6.07) is 25.9. The zero-order valence-electron chi connectivity index (χ0n) is 25.7. The van der Waals surface area contributed by atoms with Crippen LogP contribution in [-0.2, 0) is 32.6 Å². The average Bonchev–Trinajstić information content (AvgIpc) is 3.06. The number of amides is 2. The molecule has 0 saturated heterocycles. The SMILES string of the molecule is CCCNC(=O)C(Cc1ccccc1)N(Cc1ccccc1Cl)C(=O)CN(c1ccc(OCC)cc1)S(=O)(=O)c1ccc(F)cc1. The van der Waals surface area contributed by atoms with Crippen LogP contribution in [0.5, 0.6) is 5.75 Å². The molecular formula is C35H37ClFN3O5S. The number of carbonyl (C=O) groups excluding carboxylic acids is 2. The first-order valence-electron chi connectivity index (χ1n) is 15.0. The number of hydrogen-bond acceptors (Lipinski definition) is 5. The third kappa shape index (κ3) is 8.86. The third-order valence-electron chi connectivity index (χ3n) is 7.24. The topological polar surface area (TPSA) is 96.0 Å². The van der Waals surface area contributed by atoms with Crippen molar-refractivity contribution in [3.05, 3.63) is 125 Å². The minimum atomic E-state index is -4.37. The number of benzene rings is 4. The molecule has 4 aromatic rings. The maximum Gasteiger partial charge on any atom is 0.264 e. The second-order valence-corrected chi connectivity index (χ2v) is 12.8. The molecule has 242 valence electrons. The number of anilines is 1. The minimum Gasteiger partial charge on any atom is -0.494 e. The van der Waals surface area contributed by atoms with Crippen molar-refractivity contribution in [1.82, 2.24) is 10.2 Å². The van der Waals surface area contributed by atoms with Gasteiger partial charge >= 0.3 is 0 Å². The van der Waals surface area contributed by atoms with Crippen molar-refractivity contribution in [3.63, 3.8) is 0 Å². The summed E-state index contributed by atoms with van der Waals surface area (Å²) in [7, 11) is -4.37. The van der Waals surface area contributed by atoms with E-state index in [0.717, 1.165) is 34.1 Å². The van der Waals surface area contributed by atoms with Gasteiger partial charge in [0.15, 0.2) is 0 Å². The Bertz CT molecular complexity index is 1700. The number of halogens is 2. The van der Waals surface area contributed by atoms with Crippen molar-refractivity contribution in [1.29, 1.82) is 0 Å². The molecule has 0 saturated carbocycles. The van der Waals surface area contributed by atoms with Crippen LogP contribution < -0.4 is 14.4 Å². The van der Waals surface area contributed by atoms with Crippen molar-refractivity contribution in [2.75, 3.05) is 24.0 Å². The summed E-state index contributed by atoms with van der Waals surface area (Å²) < 4.78 is 48.4. The highest BCUT2D eigenvalue weighted by Gasteiger charge is 2.35. The van der Waals surface area contributed by atoms with Crippen molar-refractivity contribution < 1.29 is 27.1 Å². The second-order valence-electron chi connectivity index (χ2n) is 10.5. The summed E-state index contributed by atoms with van der Waals surface area (Å²) in [6.45, 7) is 3.86. The number of ether oxygens (including phenoxy) is 1. The lowest BCUT2D eigenvalue weighted by Gasteiger charge is -2.34. The first-order chi connectivity index (χ1) is 22.1. The van der Waals surface area contributed by atoms with Crippen LogP contribution in [0.3, 0.4) is 0 Å². The van der Waals surface area contributed by atoms with Gasteiger partial charge < -0.3 is 15.0 Å². The average molecular weight is 666 g/mol. The van der Waals surface area contributed by atoms with Crippen molar-refractivity contribution >= 4 is 39.1 Å². The number of nitrogens with one attached hydrogen (secondary N) is 1. The molecule has 2 amide bonds. The van der Waals surface area contributed by atoms with E-state index >= 15 is 0 Å². The van der Waals surface area contributed by atoms with E-state index in [2.05, 4.69) is 5.32 Å². The number of sulfonamides is 1. The molecule has 0 aliphatic carbocycles. The highest BCUT2D eigenvalue weighted by molar-refractivity contribution is 7.92. The maximum atomic E-state index is 14.5. The van der Waals surface area contributed by atoms with Crippen molar-refractivity contribution in [2.24, 2.45) is 0 Å². The fraction of sp³-hybridized carbons (Fsp3) is 0.257. The van der Waals surface area contributed by atoms with Crippen molar-refractivity contribution in [2.45, 2.75) is 44.2 Å². The lowest BCUT2D eigenvalue weighted by Crippen LogP contribution is -2.53. The van der Waals surface area contributed by atoms with Gasteiger partial charge in [-0.15, -0.1) is 0 Å². The molecule has 0 aliphatic rings. The van der Waals surface area contributed by atoms with Gasteiger partial charge in [0.1, 0.15) is 24.2 Å². The number of nitrogens with zero attached hydrogens (tertiary/aromatic N) is 2. The Morgan fingerprint density at radius 3 is 2.17 bits per heavy atom. The van der Waals surface area contributed by atoms with Gasteiger partial charge in [-0.1, -0.05) is 67.1 Å². The summed E-state index contributed by atoms with van der Waals surface area (Å²) in [6.07, 6.45) is 0.865. The van der Waals surface area contributed by atoms with Gasteiger partial charge in [0.25, 0.3) is 10.0 Å². The molecule has 0 fully saturated rings. The highest BCUT2D eigenvalue weighted by atomic mass is 35.5. The number of rotatable bonds is 15. The van der Waals surface area contributed by atoms with Gasteiger partial charge in [-0.3, -0.25) is 13.9 Å². The van der Waals surface area contributed by atoms with Crippen LogP contribution in [0.15, 0.2) is 108 Å². The van der Waals surface area contributed by atoms with E-state index in [1.807, 2.05) is 44.2 Å². The lowest BCUT2D eigenvalue weighted by molar-refractivity contribution is -0.140. The van der Waals surface area contributed by atoms with Gasteiger partial charge in [-0.2, -0.15) is 0 Å². The molecule has 0 radical (unpaired) electrons. The first-order valence-corrected chi connectivity index (χ1v) is 16.8. The van der Waals surface area contributed by atoms with E-state index in [1.165, 1.54) is 17.0 Å². The Kier molecular flexibility index (Phi) is 12.2. The molecule has 0 aromatic heterocycles. The molecule has 4 rings (SSSR count). The van der Waals surface area contributed by atoms with E-state index in [-0.39, 0.29) is 29.5 Å². The molecule has 8 nitrogen and oxygen atoms in total. The monoisotopic (exact) mass is 665 g/mol. The fourth-order valence-electron chi connectivity index (χ4n) is 4.87. The number of carbonyl (C=O) groups is 2. The Morgan fingerprint density at radius 1 is 0.891 bits per heavy atom. The van der Waals surface area contributed by atoms with Crippen LogP contribution in [0.1, 0.15) is 31.4 Å². The lowest BCUT2D eigenvalue weighted by atomic mass is 10.0. The molecule has 0 heterocycles. The predicted molar refractivity (Wildman–Crippen MR) is 178 cm³/mol. The summed E-state index contributed by atoms with van der Waals surface area (Å²) in [4.78, 5) is 29.4. The zero-order chi connectivity index (χ0) is 33.1. The van der Waals surface area contributed by atoms with Gasteiger partial charge in [0, 0.05) is 24.5 Å².